The highest BCUT2D eigenvalue weighted by atomic mass is 32.1. The molecule has 0 spiro atoms. The van der Waals surface area contributed by atoms with Gasteiger partial charge in [0.15, 0.2) is 0 Å². The SMILES string of the molecule is CCOCC(=O)NCC1(c2ccsc2)CCOCC1. The zero-order valence-corrected chi connectivity index (χ0v) is 12.1. The second-order valence-electron chi connectivity index (χ2n) is 4.82. The summed E-state index contributed by atoms with van der Waals surface area (Å²) in [6, 6.07) is 2.16. The summed E-state index contributed by atoms with van der Waals surface area (Å²) in [7, 11) is 0. The van der Waals surface area contributed by atoms with E-state index in [1.807, 2.05) is 6.92 Å². The Kier molecular flexibility index (Phi) is 5.36. The maximum absolute atomic E-state index is 11.7. The predicted molar refractivity (Wildman–Crippen MR) is 75.6 cm³/mol. The summed E-state index contributed by atoms with van der Waals surface area (Å²) in [6.45, 7) is 4.79. The van der Waals surface area contributed by atoms with Crippen molar-refractivity contribution in [1.29, 1.82) is 0 Å². The van der Waals surface area contributed by atoms with Crippen LogP contribution >= 0.6 is 11.3 Å². The molecule has 1 aliphatic heterocycles. The Labute approximate surface area is 118 Å². The average Bonchev–Trinajstić information content (AvgIpc) is 2.98. The van der Waals surface area contributed by atoms with Gasteiger partial charge in [0, 0.05) is 31.8 Å². The van der Waals surface area contributed by atoms with Gasteiger partial charge >= 0.3 is 0 Å². The molecule has 0 radical (unpaired) electrons. The molecule has 0 aliphatic carbocycles. The van der Waals surface area contributed by atoms with Crippen LogP contribution in [0, 0.1) is 0 Å². The van der Waals surface area contributed by atoms with E-state index < -0.39 is 0 Å². The van der Waals surface area contributed by atoms with E-state index in [9.17, 15) is 4.79 Å². The Morgan fingerprint density at radius 2 is 2.32 bits per heavy atom. The number of rotatable bonds is 6. The highest BCUT2D eigenvalue weighted by molar-refractivity contribution is 7.08. The van der Waals surface area contributed by atoms with Crippen molar-refractivity contribution in [2.45, 2.75) is 25.2 Å². The van der Waals surface area contributed by atoms with Crippen LogP contribution < -0.4 is 5.32 Å². The van der Waals surface area contributed by atoms with Crippen molar-refractivity contribution in [1.82, 2.24) is 5.32 Å². The Bertz CT molecular complexity index is 385. The van der Waals surface area contributed by atoms with Crippen LogP contribution in [0.4, 0.5) is 0 Å². The number of carbonyl (C=O) groups excluding carboxylic acids is 1. The van der Waals surface area contributed by atoms with E-state index in [4.69, 9.17) is 9.47 Å². The lowest BCUT2D eigenvalue weighted by Crippen LogP contribution is -2.45. The van der Waals surface area contributed by atoms with E-state index in [1.165, 1.54) is 5.56 Å². The Balaban J connectivity index is 1.97. The molecule has 0 saturated carbocycles. The Morgan fingerprint density at radius 1 is 1.53 bits per heavy atom. The van der Waals surface area contributed by atoms with Crippen LogP contribution in [0.25, 0.3) is 0 Å². The highest BCUT2D eigenvalue weighted by Crippen LogP contribution is 2.35. The summed E-state index contributed by atoms with van der Waals surface area (Å²) >= 11 is 1.70. The fraction of sp³-hybridized carbons (Fsp3) is 0.643. The summed E-state index contributed by atoms with van der Waals surface area (Å²) < 4.78 is 10.6. The molecule has 2 rings (SSSR count). The molecular formula is C14H21NO3S. The van der Waals surface area contributed by atoms with Gasteiger partial charge < -0.3 is 14.8 Å². The van der Waals surface area contributed by atoms with Crippen molar-refractivity contribution < 1.29 is 14.3 Å². The zero-order chi connectivity index (χ0) is 13.6. The van der Waals surface area contributed by atoms with Crippen LogP contribution in [-0.4, -0.2) is 38.9 Å². The third kappa shape index (κ3) is 3.78. The molecule has 2 heterocycles. The van der Waals surface area contributed by atoms with Crippen LogP contribution in [0.15, 0.2) is 16.8 Å². The normalized spacial score (nSPS) is 18.2. The first-order chi connectivity index (χ1) is 9.27. The molecule has 4 nitrogen and oxygen atoms in total. The van der Waals surface area contributed by atoms with Crippen molar-refractivity contribution in [3.8, 4) is 0 Å². The minimum Gasteiger partial charge on any atom is -0.381 e. The van der Waals surface area contributed by atoms with Crippen molar-refractivity contribution in [2.75, 3.05) is 33.0 Å². The van der Waals surface area contributed by atoms with E-state index in [1.54, 1.807) is 11.3 Å². The van der Waals surface area contributed by atoms with E-state index in [-0.39, 0.29) is 17.9 Å². The molecule has 0 aromatic carbocycles. The third-order valence-corrected chi connectivity index (χ3v) is 4.33. The molecular weight excluding hydrogens is 262 g/mol. The first-order valence-electron chi connectivity index (χ1n) is 6.72. The standard InChI is InChI=1S/C14H21NO3S/c1-2-17-9-13(16)15-11-14(4-6-18-7-5-14)12-3-8-19-10-12/h3,8,10H,2,4-7,9,11H2,1H3,(H,15,16). The Hall–Kier alpha value is -0.910. The maximum atomic E-state index is 11.7. The second-order valence-corrected chi connectivity index (χ2v) is 5.60. The molecule has 1 N–H and O–H groups in total. The lowest BCUT2D eigenvalue weighted by molar-refractivity contribution is -0.126. The van der Waals surface area contributed by atoms with E-state index in [0.717, 1.165) is 26.1 Å². The van der Waals surface area contributed by atoms with Crippen molar-refractivity contribution in [3.63, 3.8) is 0 Å². The van der Waals surface area contributed by atoms with Gasteiger partial charge in [-0.05, 0) is 42.2 Å². The van der Waals surface area contributed by atoms with E-state index in [2.05, 4.69) is 22.1 Å². The number of ether oxygens (including phenoxy) is 2. The van der Waals surface area contributed by atoms with Crippen molar-refractivity contribution in [3.05, 3.63) is 22.4 Å². The molecule has 1 aromatic heterocycles. The number of nitrogens with one attached hydrogen (secondary N) is 1. The molecule has 1 aliphatic rings. The zero-order valence-electron chi connectivity index (χ0n) is 11.3. The quantitative estimate of drug-likeness (QED) is 0.868. The molecule has 19 heavy (non-hydrogen) atoms. The summed E-state index contributed by atoms with van der Waals surface area (Å²) in [6.07, 6.45) is 1.91. The lowest BCUT2D eigenvalue weighted by Gasteiger charge is -2.37. The molecule has 1 fully saturated rings. The van der Waals surface area contributed by atoms with Crippen molar-refractivity contribution >= 4 is 17.2 Å². The highest BCUT2D eigenvalue weighted by Gasteiger charge is 2.35. The molecule has 1 saturated heterocycles. The van der Waals surface area contributed by atoms with E-state index in [0.29, 0.717) is 13.2 Å². The summed E-state index contributed by atoms with van der Waals surface area (Å²) in [5, 5.41) is 7.27. The first kappa shape index (κ1) is 14.5. The van der Waals surface area contributed by atoms with Gasteiger partial charge in [-0.1, -0.05) is 0 Å². The Morgan fingerprint density at radius 3 is 2.95 bits per heavy atom. The monoisotopic (exact) mass is 283 g/mol. The first-order valence-corrected chi connectivity index (χ1v) is 7.66. The fourth-order valence-corrected chi connectivity index (χ4v) is 3.19. The average molecular weight is 283 g/mol. The van der Waals surface area contributed by atoms with Gasteiger partial charge in [-0.25, -0.2) is 0 Å². The molecule has 106 valence electrons. The molecule has 1 aromatic rings. The predicted octanol–water partition coefficient (Wildman–Crippen LogP) is 1.95. The number of hydrogen-bond donors (Lipinski definition) is 1. The smallest absolute Gasteiger partial charge is 0.246 e. The maximum Gasteiger partial charge on any atom is 0.246 e. The summed E-state index contributed by atoms with van der Waals surface area (Å²) in [4.78, 5) is 11.7. The summed E-state index contributed by atoms with van der Waals surface area (Å²) in [5.41, 5.74) is 1.35. The topological polar surface area (TPSA) is 47.6 Å². The second kappa shape index (κ2) is 7.03. The molecule has 0 unspecified atom stereocenters. The van der Waals surface area contributed by atoms with Crippen LogP contribution in [-0.2, 0) is 19.7 Å². The minimum atomic E-state index is -0.0389. The molecule has 1 amide bonds. The van der Waals surface area contributed by atoms with E-state index >= 15 is 0 Å². The number of carbonyl (C=O) groups is 1. The van der Waals surface area contributed by atoms with Gasteiger partial charge in [-0.15, -0.1) is 0 Å². The number of amides is 1. The van der Waals surface area contributed by atoms with Gasteiger partial charge in [0.05, 0.1) is 0 Å². The van der Waals surface area contributed by atoms with Gasteiger partial charge in [0.25, 0.3) is 0 Å². The lowest BCUT2D eigenvalue weighted by atomic mass is 9.75. The van der Waals surface area contributed by atoms with Crippen LogP contribution in [0.1, 0.15) is 25.3 Å². The largest absolute Gasteiger partial charge is 0.381 e. The van der Waals surface area contributed by atoms with Gasteiger partial charge in [0.1, 0.15) is 6.61 Å². The fourth-order valence-electron chi connectivity index (χ4n) is 2.41. The van der Waals surface area contributed by atoms with Gasteiger partial charge in [0.2, 0.25) is 5.91 Å². The number of thiophene rings is 1. The van der Waals surface area contributed by atoms with Crippen molar-refractivity contribution in [2.24, 2.45) is 0 Å². The molecule has 5 heteroatoms. The van der Waals surface area contributed by atoms with Crippen LogP contribution in [0.2, 0.25) is 0 Å². The van der Waals surface area contributed by atoms with Crippen LogP contribution in [0.3, 0.4) is 0 Å². The minimum absolute atomic E-state index is 0.0279. The molecule has 0 bridgehead atoms. The van der Waals surface area contributed by atoms with Crippen LogP contribution in [0.5, 0.6) is 0 Å². The molecule has 0 atom stereocenters. The van der Waals surface area contributed by atoms with Gasteiger partial charge in [-0.2, -0.15) is 11.3 Å². The third-order valence-electron chi connectivity index (χ3n) is 3.64. The van der Waals surface area contributed by atoms with Gasteiger partial charge in [-0.3, -0.25) is 4.79 Å². The summed E-state index contributed by atoms with van der Waals surface area (Å²) in [5.74, 6) is -0.0389. The number of hydrogen-bond acceptors (Lipinski definition) is 4.